The zero-order chi connectivity index (χ0) is 9.94. The number of nitrogens with two attached hydrogens (primary N) is 2. The van der Waals surface area contributed by atoms with Crippen molar-refractivity contribution in [1.29, 1.82) is 5.26 Å². The summed E-state index contributed by atoms with van der Waals surface area (Å²) in [5, 5.41) is 8.37. The predicted molar refractivity (Wildman–Crippen MR) is 46.3 cm³/mol. The summed E-state index contributed by atoms with van der Waals surface area (Å²) >= 11 is 15.9. The molecule has 4 N–H and O–H groups in total. The van der Waals surface area contributed by atoms with Gasteiger partial charge in [-0.1, -0.05) is 34.8 Å². The van der Waals surface area contributed by atoms with E-state index in [4.69, 9.17) is 51.5 Å². The van der Waals surface area contributed by atoms with Crippen molar-refractivity contribution in [2.24, 2.45) is 11.5 Å². The molecule has 0 rings (SSSR count). The lowest BCUT2D eigenvalue weighted by Crippen LogP contribution is -2.24. The third-order valence-electron chi connectivity index (χ3n) is 0.933. The molecule has 0 fully saturated rings. The molecule has 12 heavy (non-hydrogen) atoms. The lowest BCUT2D eigenvalue weighted by Gasteiger charge is -2.11. The highest BCUT2D eigenvalue weighted by atomic mass is 35.6. The summed E-state index contributed by atoms with van der Waals surface area (Å²) in [6.07, 6.45) is 0. The molecule has 7 heteroatoms. The van der Waals surface area contributed by atoms with E-state index in [2.05, 4.69) is 0 Å². The van der Waals surface area contributed by atoms with Crippen LogP contribution in [0.5, 0.6) is 0 Å². The topological polar surface area (TPSA) is 92.9 Å². The van der Waals surface area contributed by atoms with Crippen LogP contribution in [0.25, 0.3) is 0 Å². The van der Waals surface area contributed by atoms with E-state index in [0.717, 1.165) is 0 Å². The summed E-state index contributed by atoms with van der Waals surface area (Å²) in [5.41, 5.74) is 8.92. The van der Waals surface area contributed by atoms with E-state index in [1.54, 1.807) is 0 Å². The molecule has 0 aromatic rings. The molecule has 0 heterocycles. The highest BCUT2D eigenvalue weighted by Gasteiger charge is 2.28. The molecule has 0 aliphatic carbocycles. The Hall–Kier alpha value is -0.630. The Kier molecular flexibility index (Phi) is 3.65. The van der Waals surface area contributed by atoms with Crippen molar-refractivity contribution in [1.82, 2.24) is 0 Å². The molecule has 0 aliphatic rings. The average Bonchev–Trinajstić information content (AvgIpc) is 1.86. The zero-order valence-corrected chi connectivity index (χ0v) is 7.91. The quantitative estimate of drug-likeness (QED) is 0.390. The molecule has 0 atom stereocenters. The largest absolute Gasteiger partial charge is 0.397 e. The Balaban J connectivity index is 5.17. The molecule has 0 saturated carbocycles. The van der Waals surface area contributed by atoms with Crippen LogP contribution < -0.4 is 11.5 Å². The van der Waals surface area contributed by atoms with Gasteiger partial charge in [-0.15, -0.1) is 0 Å². The van der Waals surface area contributed by atoms with Crippen LogP contribution >= 0.6 is 34.8 Å². The second kappa shape index (κ2) is 3.85. The number of halogens is 3. The number of carbonyl (C=O) groups is 1. The van der Waals surface area contributed by atoms with Crippen LogP contribution in [0.4, 0.5) is 0 Å². The van der Waals surface area contributed by atoms with E-state index >= 15 is 0 Å². The molecule has 0 saturated heterocycles. The van der Waals surface area contributed by atoms with Crippen LogP contribution in [0.2, 0.25) is 0 Å². The Labute approximate surface area is 83.7 Å². The third-order valence-corrected chi connectivity index (χ3v) is 1.54. The highest BCUT2D eigenvalue weighted by Crippen LogP contribution is 2.32. The van der Waals surface area contributed by atoms with Crippen molar-refractivity contribution in [2.75, 3.05) is 0 Å². The smallest absolute Gasteiger partial charge is 0.261 e. The molecule has 0 radical (unpaired) electrons. The van der Waals surface area contributed by atoms with E-state index in [1.807, 2.05) is 0 Å². The van der Waals surface area contributed by atoms with Gasteiger partial charge >= 0.3 is 0 Å². The van der Waals surface area contributed by atoms with Crippen molar-refractivity contribution >= 4 is 40.7 Å². The van der Waals surface area contributed by atoms with Gasteiger partial charge in [0, 0.05) is 0 Å². The molecule has 1 amide bonds. The van der Waals surface area contributed by atoms with Crippen molar-refractivity contribution in [3.8, 4) is 6.07 Å². The van der Waals surface area contributed by atoms with Crippen LogP contribution in [-0.2, 0) is 4.79 Å². The van der Waals surface area contributed by atoms with E-state index in [0.29, 0.717) is 0 Å². The van der Waals surface area contributed by atoms with Crippen LogP contribution in [0.1, 0.15) is 0 Å². The summed E-state index contributed by atoms with van der Waals surface area (Å²) < 4.78 is -1.99. The molecule has 0 spiro atoms. The third kappa shape index (κ3) is 2.78. The van der Waals surface area contributed by atoms with Gasteiger partial charge in [-0.25, -0.2) is 0 Å². The zero-order valence-electron chi connectivity index (χ0n) is 5.64. The molecule has 0 unspecified atom stereocenters. The number of hydrogen-bond acceptors (Lipinski definition) is 3. The minimum absolute atomic E-state index is 0.470. The maximum atomic E-state index is 10.5. The van der Waals surface area contributed by atoms with Gasteiger partial charge in [0.15, 0.2) is 0 Å². The van der Waals surface area contributed by atoms with Gasteiger partial charge in [0.05, 0.1) is 5.70 Å². The van der Waals surface area contributed by atoms with E-state index in [1.165, 1.54) is 6.07 Å². The first-order valence-electron chi connectivity index (χ1n) is 2.57. The number of nitrogens with zero attached hydrogens (tertiary/aromatic N) is 1. The highest BCUT2D eigenvalue weighted by molar-refractivity contribution is 6.69. The maximum Gasteiger partial charge on any atom is 0.261 e. The Morgan fingerprint density at radius 2 is 1.75 bits per heavy atom. The van der Waals surface area contributed by atoms with E-state index in [9.17, 15) is 4.79 Å². The first-order chi connectivity index (χ1) is 5.30. The molecule has 66 valence electrons. The van der Waals surface area contributed by atoms with Gasteiger partial charge in [-0.2, -0.15) is 5.26 Å². The van der Waals surface area contributed by atoms with Gasteiger partial charge in [0.1, 0.15) is 11.6 Å². The summed E-state index contributed by atoms with van der Waals surface area (Å²) in [4.78, 5) is 10.5. The van der Waals surface area contributed by atoms with Crippen molar-refractivity contribution < 1.29 is 4.79 Å². The summed E-state index contributed by atoms with van der Waals surface area (Å²) in [7, 11) is 0. The summed E-state index contributed by atoms with van der Waals surface area (Å²) in [5.74, 6) is -1.03. The first kappa shape index (κ1) is 11.4. The van der Waals surface area contributed by atoms with E-state index < -0.39 is 21.0 Å². The lowest BCUT2D eigenvalue weighted by molar-refractivity contribution is -0.114. The first-order valence-corrected chi connectivity index (χ1v) is 3.71. The molecule has 0 aliphatic heterocycles. The van der Waals surface area contributed by atoms with Gasteiger partial charge < -0.3 is 11.5 Å². The number of primary amides is 1. The lowest BCUT2D eigenvalue weighted by atomic mass is 10.2. The average molecular weight is 228 g/mol. The second-order valence-electron chi connectivity index (χ2n) is 1.76. The number of nitriles is 1. The van der Waals surface area contributed by atoms with Gasteiger partial charge in [-0.3, -0.25) is 4.79 Å². The fourth-order valence-electron chi connectivity index (χ4n) is 0.390. The van der Waals surface area contributed by atoms with Gasteiger partial charge in [-0.05, 0) is 0 Å². The number of rotatable bonds is 1. The Morgan fingerprint density at radius 3 is 1.83 bits per heavy atom. The van der Waals surface area contributed by atoms with Gasteiger partial charge in [0.25, 0.3) is 5.91 Å². The van der Waals surface area contributed by atoms with Crippen LogP contribution in [-0.4, -0.2) is 9.70 Å². The van der Waals surface area contributed by atoms with Crippen molar-refractivity contribution in [3.05, 3.63) is 11.3 Å². The SMILES string of the molecule is N#C/C(C(N)=O)=C(/N)C(Cl)(Cl)Cl. The van der Waals surface area contributed by atoms with Crippen molar-refractivity contribution in [3.63, 3.8) is 0 Å². The monoisotopic (exact) mass is 227 g/mol. The fraction of sp³-hybridized carbons (Fsp3) is 0.200. The van der Waals surface area contributed by atoms with Gasteiger partial charge in [0.2, 0.25) is 3.79 Å². The number of hydrogen-bond donors (Lipinski definition) is 2. The number of alkyl halides is 3. The Bertz CT molecular complexity index is 273. The minimum Gasteiger partial charge on any atom is -0.397 e. The minimum atomic E-state index is -1.99. The predicted octanol–water partition coefficient (Wildman–Crippen LogP) is 0.578. The molecule has 0 aromatic heterocycles. The van der Waals surface area contributed by atoms with Crippen LogP contribution in [0.15, 0.2) is 11.3 Å². The van der Waals surface area contributed by atoms with Crippen LogP contribution in [0, 0.1) is 11.3 Å². The van der Waals surface area contributed by atoms with E-state index in [-0.39, 0.29) is 0 Å². The maximum absolute atomic E-state index is 10.5. The fourth-order valence-corrected chi connectivity index (χ4v) is 0.673. The number of allylic oxidation sites excluding steroid dienone is 1. The van der Waals surface area contributed by atoms with Crippen molar-refractivity contribution in [2.45, 2.75) is 3.79 Å². The molecule has 0 aromatic carbocycles. The standard InChI is InChI=1S/C5H4Cl3N3O/c6-5(7,8)3(10)2(1-9)4(11)12/h10H2,(H2,11,12)/b3-2-. The molecule has 4 nitrogen and oxygen atoms in total. The Morgan fingerprint density at radius 1 is 1.33 bits per heavy atom. The second-order valence-corrected chi connectivity index (χ2v) is 4.04. The number of amides is 1. The summed E-state index contributed by atoms with van der Waals surface area (Å²) in [6, 6.07) is 1.43. The molecular formula is C5H4Cl3N3O. The normalized spacial score (nSPS) is 13.2. The number of carbonyl (C=O) groups excluding carboxylic acids is 1. The molecule has 0 bridgehead atoms. The molecular weight excluding hydrogens is 224 g/mol. The van der Waals surface area contributed by atoms with Crippen LogP contribution in [0.3, 0.4) is 0 Å². The summed E-state index contributed by atoms with van der Waals surface area (Å²) in [6.45, 7) is 0.